The van der Waals surface area contributed by atoms with E-state index in [1.807, 2.05) is 0 Å². The Morgan fingerprint density at radius 1 is 1.00 bits per heavy atom. The highest BCUT2D eigenvalue weighted by atomic mass is 35.5. The lowest BCUT2D eigenvalue weighted by Gasteiger charge is -2.35. The molecule has 2 aliphatic rings. The first-order valence-corrected chi connectivity index (χ1v) is 13.2. The predicted molar refractivity (Wildman–Crippen MR) is 109 cm³/mol. The average molecular weight is 483 g/mol. The minimum Gasteiger partial charge on any atom is -0.379 e. The molecular weight excluding hydrogens is 458 g/mol. The fourth-order valence-electron chi connectivity index (χ4n) is 3.19. The molecule has 0 bridgehead atoms. The maximum absolute atomic E-state index is 13.1. The fraction of sp³-hybridized carbons (Fsp3) is 0.588. The minimum atomic E-state index is -4.91. The van der Waals surface area contributed by atoms with Crippen LogP contribution in [0.15, 0.2) is 30.3 Å². The maximum atomic E-state index is 13.1. The standard InChI is InChI=1S/C17H25ClN2O8P2/c18-17(29(22,23)20-8-12-27-13-9-20)30(24,25)28-15(14-4-2-1-3-5-14)16(21)19-6-10-26-11-7-19/h1-5,15,17H,6-13H2,(H,22,23)(H,24,25)/t15-,17+/m0/s1. The van der Waals surface area contributed by atoms with E-state index in [4.69, 9.17) is 25.6 Å². The van der Waals surface area contributed by atoms with Gasteiger partial charge >= 0.3 is 7.60 Å². The molecule has 2 N–H and O–H groups in total. The molecule has 2 heterocycles. The molecule has 10 nitrogen and oxygen atoms in total. The van der Waals surface area contributed by atoms with Crippen molar-refractivity contribution in [2.75, 3.05) is 52.6 Å². The summed E-state index contributed by atoms with van der Waals surface area (Å²) < 4.78 is 42.7. The number of morpholine rings is 2. The number of hydrogen-bond acceptors (Lipinski definition) is 6. The fourth-order valence-corrected chi connectivity index (χ4v) is 7.44. The van der Waals surface area contributed by atoms with Crippen LogP contribution in [0.1, 0.15) is 11.7 Å². The molecule has 2 fully saturated rings. The molecule has 0 aromatic heterocycles. The van der Waals surface area contributed by atoms with Crippen molar-refractivity contribution < 1.29 is 37.7 Å². The number of carbonyl (C=O) groups excluding carboxylic acids is 1. The molecule has 0 saturated carbocycles. The van der Waals surface area contributed by atoms with Crippen molar-refractivity contribution in [2.45, 2.75) is 11.0 Å². The Labute approximate surface area is 179 Å². The summed E-state index contributed by atoms with van der Waals surface area (Å²) in [5, 5.41) is 0. The number of alkyl halides is 1. The molecule has 0 spiro atoms. The van der Waals surface area contributed by atoms with Crippen molar-refractivity contribution in [2.24, 2.45) is 0 Å². The zero-order valence-electron chi connectivity index (χ0n) is 16.2. The van der Waals surface area contributed by atoms with Crippen molar-refractivity contribution in [3.05, 3.63) is 35.9 Å². The lowest BCUT2D eigenvalue weighted by Crippen LogP contribution is -2.43. The minimum absolute atomic E-state index is 0.0891. The largest absolute Gasteiger partial charge is 0.379 e. The monoisotopic (exact) mass is 482 g/mol. The Morgan fingerprint density at radius 3 is 2.10 bits per heavy atom. The first kappa shape index (κ1) is 23.9. The quantitative estimate of drug-likeness (QED) is 0.442. The highest BCUT2D eigenvalue weighted by Gasteiger charge is 2.51. The summed E-state index contributed by atoms with van der Waals surface area (Å²) in [5.41, 5.74) is 0.339. The van der Waals surface area contributed by atoms with E-state index < -0.39 is 32.0 Å². The Balaban J connectivity index is 1.83. The van der Waals surface area contributed by atoms with Gasteiger partial charge in [-0.25, -0.2) is 4.67 Å². The van der Waals surface area contributed by atoms with Crippen LogP contribution >= 0.6 is 26.7 Å². The van der Waals surface area contributed by atoms with Gasteiger partial charge in [-0.3, -0.25) is 18.4 Å². The van der Waals surface area contributed by atoms with Gasteiger partial charge < -0.3 is 24.2 Å². The second-order valence-corrected chi connectivity index (χ2v) is 12.4. The van der Waals surface area contributed by atoms with Crippen molar-refractivity contribution in [3.8, 4) is 0 Å². The average Bonchev–Trinajstić information content (AvgIpc) is 2.78. The Kier molecular flexibility index (Phi) is 8.12. The van der Waals surface area contributed by atoms with Gasteiger partial charge in [0.1, 0.15) is 0 Å². The van der Waals surface area contributed by atoms with Gasteiger partial charge in [0.25, 0.3) is 13.4 Å². The zero-order chi connectivity index (χ0) is 21.8. The molecule has 4 atom stereocenters. The summed E-state index contributed by atoms with van der Waals surface area (Å²) in [6.45, 7) is 1.86. The molecule has 3 rings (SSSR count). The molecule has 1 aromatic rings. The Bertz CT molecular complexity index is 817. The molecule has 2 saturated heterocycles. The van der Waals surface area contributed by atoms with Gasteiger partial charge in [-0.2, -0.15) is 0 Å². The van der Waals surface area contributed by atoms with E-state index in [1.165, 1.54) is 4.90 Å². The third-order valence-corrected chi connectivity index (χ3v) is 10.9. The van der Waals surface area contributed by atoms with Crippen LogP contribution in [0.5, 0.6) is 0 Å². The molecule has 2 aliphatic heterocycles. The van der Waals surface area contributed by atoms with Gasteiger partial charge in [0.05, 0.1) is 26.4 Å². The molecule has 30 heavy (non-hydrogen) atoms. The van der Waals surface area contributed by atoms with Crippen molar-refractivity contribution in [3.63, 3.8) is 0 Å². The lowest BCUT2D eigenvalue weighted by atomic mass is 10.1. The van der Waals surface area contributed by atoms with Crippen LogP contribution < -0.4 is 0 Å². The number of carbonyl (C=O) groups is 1. The van der Waals surface area contributed by atoms with Crippen molar-refractivity contribution in [1.82, 2.24) is 9.57 Å². The second-order valence-electron chi connectivity index (χ2n) is 6.86. The van der Waals surface area contributed by atoms with Gasteiger partial charge in [0.15, 0.2) is 6.10 Å². The van der Waals surface area contributed by atoms with Crippen molar-refractivity contribution in [1.29, 1.82) is 0 Å². The molecule has 168 valence electrons. The zero-order valence-corrected chi connectivity index (χ0v) is 18.8. The summed E-state index contributed by atoms with van der Waals surface area (Å²) in [6, 6.07) is 8.19. The predicted octanol–water partition coefficient (Wildman–Crippen LogP) is 1.83. The maximum Gasteiger partial charge on any atom is 0.358 e. The van der Waals surface area contributed by atoms with E-state index in [-0.39, 0.29) is 26.3 Å². The van der Waals surface area contributed by atoms with Crippen LogP contribution in [0, 0.1) is 0 Å². The molecular formula is C17H25ClN2O8P2. The van der Waals surface area contributed by atoms with Crippen LogP contribution in [-0.2, 0) is 27.9 Å². The van der Waals surface area contributed by atoms with E-state index in [0.717, 1.165) is 4.67 Å². The third-order valence-electron chi connectivity index (χ3n) is 4.85. The topological polar surface area (TPSA) is 126 Å². The van der Waals surface area contributed by atoms with Gasteiger partial charge in [0.2, 0.25) is 4.86 Å². The lowest BCUT2D eigenvalue weighted by molar-refractivity contribution is -0.143. The summed E-state index contributed by atoms with van der Waals surface area (Å²) in [6.07, 6.45) is -1.45. The van der Waals surface area contributed by atoms with Crippen molar-refractivity contribution >= 4 is 32.6 Å². The molecule has 0 radical (unpaired) electrons. The molecule has 13 heteroatoms. The van der Waals surface area contributed by atoms with E-state index in [9.17, 15) is 23.7 Å². The number of benzene rings is 1. The first-order chi connectivity index (χ1) is 14.2. The number of halogens is 1. The van der Waals surface area contributed by atoms with Gasteiger partial charge in [-0.15, -0.1) is 0 Å². The number of hydrogen-bond donors (Lipinski definition) is 2. The summed E-state index contributed by atoms with van der Waals surface area (Å²) in [7, 11) is -9.36. The smallest absolute Gasteiger partial charge is 0.358 e. The summed E-state index contributed by atoms with van der Waals surface area (Å²) in [4.78, 5) is 33.4. The number of nitrogens with zero attached hydrogens (tertiary/aromatic N) is 2. The van der Waals surface area contributed by atoms with Gasteiger partial charge in [-0.05, 0) is 5.56 Å². The Hall–Kier alpha value is -0.800. The number of ether oxygens (including phenoxy) is 2. The highest BCUT2D eigenvalue weighted by molar-refractivity contribution is 7.75. The molecule has 2 unspecified atom stereocenters. The van der Waals surface area contributed by atoms with Crippen LogP contribution in [0.25, 0.3) is 0 Å². The summed E-state index contributed by atoms with van der Waals surface area (Å²) >= 11 is 6.04. The molecule has 0 aliphatic carbocycles. The Morgan fingerprint density at radius 2 is 1.53 bits per heavy atom. The SMILES string of the molecule is O=C([C@@H](OP(=O)(O)[C@H](Cl)P(=O)(O)N1CCOCC1)c1ccccc1)N1CCOCC1. The number of amides is 1. The van der Waals surface area contributed by atoms with Crippen LogP contribution in [0.3, 0.4) is 0 Å². The van der Waals surface area contributed by atoms with E-state index in [1.54, 1.807) is 30.3 Å². The molecule has 1 amide bonds. The van der Waals surface area contributed by atoms with Crippen LogP contribution in [0.4, 0.5) is 0 Å². The van der Waals surface area contributed by atoms with E-state index in [2.05, 4.69) is 0 Å². The molecule has 1 aromatic carbocycles. The van der Waals surface area contributed by atoms with Gasteiger partial charge in [-0.1, -0.05) is 41.9 Å². The van der Waals surface area contributed by atoms with Crippen LogP contribution in [0.2, 0.25) is 0 Å². The third kappa shape index (κ3) is 5.51. The van der Waals surface area contributed by atoms with E-state index >= 15 is 0 Å². The normalized spacial score (nSPS) is 24.4. The van der Waals surface area contributed by atoms with Gasteiger partial charge in [0, 0.05) is 26.2 Å². The van der Waals surface area contributed by atoms with E-state index in [0.29, 0.717) is 31.9 Å². The number of rotatable bonds is 7. The highest BCUT2D eigenvalue weighted by Crippen LogP contribution is 2.69. The van der Waals surface area contributed by atoms with Crippen LogP contribution in [-0.4, -0.2) is 82.7 Å². The second kappa shape index (κ2) is 10.2. The summed E-state index contributed by atoms with van der Waals surface area (Å²) in [5.74, 6) is -0.540. The first-order valence-electron chi connectivity index (χ1n) is 9.45.